The Hall–Kier alpha value is -0.210. The van der Waals surface area contributed by atoms with Crippen molar-refractivity contribution in [1.82, 2.24) is 9.21 Å². The van der Waals surface area contributed by atoms with Crippen LogP contribution in [-0.4, -0.2) is 56.9 Å². The molecule has 16 heavy (non-hydrogen) atoms. The third kappa shape index (κ3) is 4.75. The van der Waals surface area contributed by atoms with Gasteiger partial charge in [-0.1, -0.05) is 0 Å². The summed E-state index contributed by atoms with van der Waals surface area (Å²) in [6.45, 7) is 4.46. The fourth-order valence-electron chi connectivity index (χ4n) is 1.91. The van der Waals surface area contributed by atoms with Gasteiger partial charge in [-0.15, -0.1) is 0 Å². The van der Waals surface area contributed by atoms with E-state index < -0.39 is 10.2 Å². The first-order valence-electron chi connectivity index (χ1n) is 5.74. The van der Waals surface area contributed by atoms with E-state index in [4.69, 9.17) is 10.9 Å². The van der Waals surface area contributed by atoms with Crippen LogP contribution in [0.1, 0.15) is 19.3 Å². The second kappa shape index (κ2) is 6.51. The topological polar surface area (TPSA) is 92.7 Å². The van der Waals surface area contributed by atoms with Crippen molar-refractivity contribution >= 4 is 10.2 Å². The molecule has 1 saturated heterocycles. The van der Waals surface area contributed by atoms with Gasteiger partial charge in [0.1, 0.15) is 0 Å². The van der Waals surface area contributed by atoms with Gasteiger partial charge in [0.25, 0.3) is 10.2 Å². The van der Waals surface area contributed by atoms with Crippen molar-refractivity contribution in [3.8, 4) is 0 Å². The van der Waals surface area contributed by atoms with Gasteiger partial charge in [0.2, 0.25) is 0 Å². The van der Waals surface area contributed by atoms with Gasteiger partial charge in [-0.2, -0.15) is 12.7 Å². The average molecular weight is 250 g/mol. The van der Waals surface area contributed by atoms with Crippen LogP contribution in [0.5, 0.6) is 0 Å². The van der Waals surface area contributed by atoms with Gasteiger partial charge in [0.15, 0.2) is 0 Å². The van der Waals surface area contributed by atoms with Crippen LogP contribution in [0.15, 0.2) is 0 Å². The zero-order chi connectivity index (χ0) is 12.0. The summed E-state index contributed by atoms with van der Waals surface area (Å²) >= 11 is 0. The maximum Gasteiger partial charge on any atom is 0.276 e. The Morgan fingerprint density at radius 3 is 2.44 bits per heavy atom. The number of nitrogens with two attached hydrogens (primary N) is 2. The molecule has 1 heterocycles. The molecule has 0 aromatic heterocycles. The predicted molar refractivity (Wildman–Crippen MR) is 64.0 cm³/mol. The van der Waals surface area contributed by atoms with Crippen LogP contribution in [-0.2, 0) is 10.2 Å². The third-order valence-electron chi connectivity index (χ3n) is 2.84. The molecule has 6 nitrogen and oxygen atoms in total. The van der Waals surface area contributed by atoms with Crippen LogP contribution in [0.3, 0.4) is 0 Å². The summed E-state index contributed by atoms with van der Waals surface area (Å²) in [6.07, 6.45) is 2.94. The first kappa shape index (κ1) is 13.9. The summed E-state index contributed by atoms with van der Waals surface area (Å²) in [6, 6.07) is 0. The summed E-state index contributed by atoms with van der Waals surface area (Å²) in [5.41, 5.74) is 5.43. The predicted octanol–water partition coefficient (Wildman–Crippen LogP) is -1.06. The third-order valence-corrected chi connectivity index (χ3v) is 3.92. The quantitative estimate of drug-likeness (QED) is 0.608. The first-order chi connectivity index (χ1) is 7.54. The van der Waals surface area contributed by atoms with Gasteiger partial charge in [0, 0.05) is 19.6 Å². The van der Waals surface area contributed by atoms with Gasteiger partial charge >= 0.3 is 0 Å². The second-order valence-electron chi connectivity index (χ2n) is 4.13. The van der Waals surface area contributed by atoms with E-state index in [0.29, 0.717) is 13.1 Å². The molecule has 0 bridgehead atoms. The summed E-state index contributed by atoms with van der Waals surface area (Å²) < 4.78 is 23.7. The Kier molecular flexibility index (Phi) is 5.63. The minimum absolute atomic E-state index is 0.501. The van der Waals surface area contributed by atoms with Crippen molar-refractivity contribution in [2.75, 3.05) is 39.3 Å². The van der Waals surface area contributed by atoms with Crippen LogP contribution in [0.25, 0.3) is 0 Å². The molecule has 4 N–H and O–H groups in total. The molecular formula is C9H22N4O2S. The number of hydrogen-bond acceptors (Lipinski definition) is 4. The van der Waals surface area contributed by atoms with Crippen LogP contribution in [0.4, 0.5) is 0 Å². The molecule has 1 aliphatic rings. The highest BCUT2D eigenvalue weighted by Crippen LogP contribution is 2.06. The lowest BCUT2D eigenvalue weighted by atomic mass is 10.3. The van der Waals surface area contributed by atoms with Crippen LogP contribution >= 0.6 is 0 Å². The Morgan fingerprint density at radius 2 is 1.81 bits per heavy atom. The molecule has 1 fully saturated rings. The number of unbranched alkanes of at least 4 members (excludes halogenated alkanes) is 1. The molecule has 0 spiro atoms. The Bertz CT molecular complexity index is 294. The summed E-state index contributed by atoms with van der Waals surface area (Å²) in [4.78, 5) is 2.28. The number of nitrogens with zero attached hydrogens (tertiary/aromatic N) is 2. The molecule has 0 atom stereocenters. The van der Waals surface area contributed by atoms with Gasteiger partial charge in [-0.3, -0.25) is 0 Å². The van der Waals surface area contributed by atoms with Crippen molar-refractivity contribution in [3.05, 3.63) is 0 Å². The highest BCUT2D eigenvalue weighted by Gasteiger charge is 2.21. The monoisotopic (exact) mass is 250 g/mol. The van der Waals surface area contributed by atoms with Gasteiger partial charge < -0.3 is 10.6 Å². The molecule has 0 saturated carbocycles. The smallest absolute Gasteiger partial charge is 0.276 e. The van der Waals surface area contributed by atoms with Crippen molar-refractivity contribution in [1.29, 1.82) is 0 Å². The molecule has 1 aliphatic heterocycles. The van der Waals surface area contributed by atoms with E-state index in [9.17, 15) is 8.42 Å². The number of hydrogen-bond donors (Lipinski definition) is 2. The van der Waals surface area contributed by atoms with Crippen LogP contribution < -0.4 is 10.9 Å². The molecule has 0 aromatic carbocycles. The van der Waals surface area contributed by atoms with Crippen molar-refractivity contribution < 1.29 is 8.42 Å². The zero-order valence-corrected chi connectivity index (χ0v) is 10.5. The van der Waals surface area contributed by atoms with E-state index in [2.05, 4.69) is 4.90 Å². The largest absolute Gasteiger partial charge is 0.330 e. The molecule has 0 unspecified atom stereocenters. The van der Waals surface area contributed by atoms with Crippen molar-refractivity contribution in [3.63, 3.8) is 0 Å². The fourth-order valence-corrected chi connectivity index (χ4v) is 2.62. The maximum atomic E-state index is 11.2. The lowest BCUT2D eigenvalue weighted by molar-refractivity contribution is 0.281. The van der Waals surface area contributed by atoms with Crippen molar-refractivity contribution in [2.45, 2.75) is 19.3 Å². The van der Waals surface area contributed by atoms with Crippen LogP contribution in [0, 0.1) is 0 Å². The SMILES string of the molecule is NCCCCN1CCCN(S(N)(=O)=O)CC1. The lowest BCUT2D eigenvalue weighted by Gasteiger charge is -2.20. The van der Waals surface area contributed by atoms with E-state index in [1.807, 2.05) is 0 Å². The standard InChI is InChI=1S/C9H22N4O2S/c10-4-1-2-5-12-6-3-7-13(9-8-12)16(11,14)15/h1-10H2,(H2,11,14,15). The van der Waals surface area contributed by atoms with Crippen molar-refractivity contribution in [2.24, 2.45) is 10.9 Å². The molecule has 0 aliphatic carbocycles. The number of rotatable bonds is 5. The van der Waals surface area contributed by atoms with E-state index in [1.54, 1.807) is 0 Å². The van der Waals surface area contributed by atoms with Gasteiger partial charge in [-0.25, -0.2) is 5.14 Å². The molecule has 0 amide bonds. The lowest BCUT2D eigenvalue weighted by Crippen LogP contribution is -2.39. The van der Waals surface area contributed by atoms with Gasteiger partial charge in [-0.05, 0) is 38.9 Å². The van der Waals surface area contributed by atoms with E-state index in [1.165, 1.54) is 4.31 Å². The Balaban J connectivity index is 2.35. The highest BCUT2D eigenvalue weighted by molar-refractivity contribution is 7.86. The minimum atomic E-state index is -3.51. The first-order valence-corrected chi connectivity index (χ1v) is 7.24. The molecule has 0 aromatic rings. The Morgan fingerprint density at radius 1 is 1.06 bits per heavy atom. The minimum Gasteiger partial charge on any atom is -0.330 e. The molecule has 96 valence electrons. The van der Waals surface area contributed by atoms with E-state index in [0.717, 1.165) is 45.4 Å². The molecule has 1 rings (SSSR count). The summed E-state index contributed by atoms with van der Waals surface area (Å²) in [5, 5.41) is 5.11. The fraction of sp³-hybridized carbons (Fsp3) is 1.00. The van der Waals surface area contributed by atoms with Gasteiger partial charge in [0.05, 0.1) is 0 Å². The summed E-state index contributed by atoms with van der Waals surface area (Å²) in [7, 11) is -3.51. The zero-order valence-electron chi connectivity index (χ0n) is 9.64. The normalized spacial score (nSPS) is 20.9. The molecule has 0 radical (unpaired) electrons. The average Bonchev–Trinajstić information content (AvgIpc) is 2.43. The Labute approximate surface area is 97.7 Å². The second-order valence-corrected chi connectivity index (χ2v) is 5.68. The molecular weight excluding hydrogens is 228 g/mol. The van der Waals surface area contributed by atoms with Crippen LogP contribution in [0.2, 0.25) is 0 Å². The maximum absolute atomic E-state index is 11.2. The van der Waals surface area contributed by atoms with E-state index >= 15 is 0 Å². The highest BCUT2D eigenvalue weighted by atomic mass is 32.2. The van der Waals surface area contributed by atoms with E-state index in [-0.39, 0.29) is 0 Å². The molecule has 7 heteroatoms. The summed E-state index contributed by atoms with van der Waals surface area (Å²) in [5.74, 6) is 0.